The zero-order valence-corrected chi connectivity index (χ0v) is 13.7. The zero-order valence-electron chi connectivity index (χ0n) is 13.7. The van der Waals surface area contributed by atoms with E-state index in [0.717, 1.165) is 18.4 Å². The number of carbonyl (C=O) groups excluding carboxylic acids is 1. The number of rotatable bonds is 4. The standard InChI is InChI=1S/C19H25NO2/c1-19(2,3)20-18(21)22-13-5-8-16-6-4-7-17(14-16)12-11-15-9-10-15/h4,6-7,14-15H,5,8-10,13H2,1-3H3,(H,20,21). The van der Waals surface area contributed by atoms with Gasteiger partial charge in [0, 0.05) is 17.0 Å². The molecule has 0 aliphatic heterocycles. The first kappa shape index (κ1) is 16.4. The molecule has 1 amide bonds. The highest BCUT2D eigenvalue weighted by Crippen LogP contribution is 2.27. The molecule has 0 bridgehead atoms. The number of amides is 1. The molecule has 22 heavy (non-hydrogen) atoms. The van der Waals surface area contributed by atoms with Gasteiger partial charge in [0.15, 0.2) is 0 Å². The van der Waals surface area contributed by atoms with Crippen LogP contribution in [0.1, 0.15) is 51.2 Å². The van der Waals surface area contributed by atoms with Crippen molar-refractivity contribution in [3.05, 3.63) is 35.4 Å². The highest BCUT2D eigenvalue weighted by Gasteiger charge is 2.17. The number of alkyl carbamates (subject to hydrolysis) is 1. The molecule has 3 heteroatoms. The Hall–Kier alpha value is -1.95. The van der Waals surface area contributed by atoms with E-state index in [-0.39, 0.29) is 11.6 Å². The molecule has 118 valence electrons. The Morgan fingerprint density at radius 1 is 1.36 bits per heavy atom. The lowest BCUT2D eigenvalue weighted by atomic mass is 10.1. The van der Waals surface area contributed by atoms with Crippen LogP contribution in [0.4, 0.5) is 4.79 Å². The van der Waals surface area contributed by atoms with Gasteiger partial charge in [-0.3, -0.25) is 0 Å². The third-order valence-corrected chi connectivity index (χ3v) is 3.24. The van der Waals surface area contributed by atoms with E-state index in [1.165, 1.54) is 18.4 Å². The second kappa shape index (κ2) is 7.35. The van der Waals surface area contributed by atoms with Crippen molar-refractivity contribution in [1.82, 2.24) is 5.32 Å². The average molecular weight is 299 g/mol. The lowest BCUT2D eigenvalue weighted by Crippen LogP contribution is -2.41. The summed E-state index contributed by atoms with van der Waals surface area (Å²) in [7, 11) is 0. The van der Waals surface area contributed by atoms with Gasteiger partial charge in [-0.25, -0.2) is 4.79 Å². The third kappa shape index (κ3) is 6.67. The molecule has 0 saturated heterocycles. The lowest BCUT2D eigenvalue weighted by molar-refractivity contribution is 0.136. The molecule has 0 spiro atoms. The molecule has 0 aromatic heterocycles. The van der Waals surface area contributed by atoms with Crippen molar-refractivity contribution >= 4 is 6.09 Å². The van der Waals surface area contributed by atoms with E-state index in [2.05, 4.69) is 29.3 Å². The van der Waals surface area contributed by atoms with Gasteiger partial charge in [0.25, 0.3) is 0 Å². The molecule has 1 fully saturated rings. The second-order valence-corrected chi connectivity index (χ2v) is 6.86. The SMILES string of the molecule is CC(C)(C)NC(=O)OCCCc1cccc(C#CC2CC2)c1. The van der Waals surface area contributed by atoms with Crippen LogP contribution in [0.25, 0.3) is 0 Å². The van der Waals surface area contributed by atoms with Gasteiger partial charge in [0.1, 0.15) is 0 Å². The van der Waals surface area contributed by atoms with Crippen LogP contribution in [-0.4, -0.2) is 18.2 Å². The van der Waals surface area contributed by atoms with Crippen molar-refractivity contribution < 1.29 is 9.53 Å². The van der Waals surface area contributed by atoms with Gasteiger partial charge in [0.05, 0.1) is 6.61 Å². The Labute approximate surface area is 133 Å². The van der Waals surface area contributed by atoms with Gasteiger partial charge in [-0.2, -0.15) is 0 Å². The molecule has 1 saturated carbocycles. The van der Waals surface area contributed by atoms with Gasteiger partial charge in [-0.05, 0) is 64.2 Å². The van der Waals surface area contributed by atoms with Crippen LogP contribution in [0.15, 0.2) is 24.3 Å². The summed E-state index contributed by atoms with van der Waals surface area (Å²) < 4.78 is 5.18. The van der Waals surface area contributed by atoms with E-state index in [9.17, 15) is 4.79 Å². The maximum Gasteiger partial charge on any atom is 0.407 e. The Morgan fingerprint density at radius 3 is 2.82 bits per heavy atom. The van der Waals surface area contributed by atoms with Gasteiger partial charge < -0.3 is 10.1 Å². The predicted octanol–water partition coefficient (Wildman–Crippen LogP) is 3.91. The van der Waals surface area contributed by atoms with Crippen molar-refractivity contribution in [1.29, 1.82) is 0 Å². The summed E-state index contributed by atoms with van der Waals surface area (Å²) in [6.07, 6.45) is 3.86. The second-order valence-electron chi connectivity index (χ2n) is 6.86. The summed E-state index contributed by atoms with van der Waals surface area (Å²) in [5.74, 6) is 7.14. The minimum atomic E-state index is -0.350. The molecule has 0 atom stereocenters. The topological polar surface area (TPSA) is 38.3 Å². The fourth-order valence-electron chi connectivity index (χ4n) is 2.00. The molecule has 3 nitrogen and oxygen atoms in total. The first-order chi connectivity index (χ1) is 10.4. The first-order valence-electron chi connectivity index (χ1n) is 7.98. The van der Waals surface area contributed by atoms with Crippen LogP contribution >= 0.6 is 0 Å². The van der Waals surface area contributed by atoms with Crippen LogP contribution in [0.3, 0.4) is 0 Å². The highest BCUT2D eigenvalue weighted by atomic mass is 16.5. The monoisotopic (exact) mass is 299 g/mol. The van der Waals surface area contributed by atoms with Crippen molar-refractivity contribution in [3.63, 3.8) is 0 Å². The molecule has 0 heterocycles. The van der Waals surface area contributed by atoms with Gasteiger partial charge in [-0.1, -0.05) is 24.0 Å². The fourth-order valence-corrected chi connectivity index (χ4v) is 2.00. The van der Waals surface area contributed by atoms with E-state index in [1.54, 1.807) is 0 Å². The van der Waals surface area contributed by atoms with E-state index in [1.807, 2.05) is 32.9 Å². The smallest absolute Gasteiger partial charge is 0.407 e. The Kier molecular flexibility index (Phi) is 5.49. The summed E-state index contributed by atoms with van der Waals surface area (Å²) in [5.41, 5.74) is 2.06. The van der Waals surface area contributed by atoms with Crippen molar-refractivity contribution in [2.45, 2.75) is 52.0 Å². The first-order valence-corrected chi connectivity index (χ1v) is 7.98. The number of aryl methyl sites for hydroxylation is 1. The number of benzene rings is 1. The quantitative estimate of drug-likeness (QED) is 0.676. The van der Waals surface area contributed by atoms with Crippen molar-refractivity contribution in [3.8, 4) is 11.8 Å². The number of ether oxygens (including phenoxy) is 1. The lowest BCUT2D eigenvalue weighted by Gasteiger charge is -2.19. The van der Waals surface area contributed by atoms with E-state index in [4.69, 9.17) is 4.74 Å². The van der Waals surface area contributed by atoms with Gasteiger partial charge in [-0.15, -0.1) is 0 Å². The Morgan fingerprint density at radius 2 is 2.14 bits per heavy atom. The largest absolute Gasteiger partial charge is 0.450 e. The molecule has 1 aliphatic carbocycles. The number of carbonyl (C=O) groups is 1. The average Bonchev–Trinajstić information content (AvgIpc) is 3.24. The fraction of sp³-hybridized carbons (Fsp3) is 0.526. The summed E-state index contributed by atoms with van der Waals surface area (Å²) in [5, 5.41) is 2.78. The molecule has 1 N–H and O–H groups in total. The molecule has 2 rings (SSSR count). The van der Waals surface area contributed by atoms with Crippen LogP contribution < -0.4 is 5.32 Å². The van der Waals surface area contributed by atoms with Gasteiger partial charge >= 0.3 is 6.09 Å². The van der Waals surface area contributed by atoms with Crippen molar-refractivity contribution in [2.75, 3.05) is 6.61 Å². The molecule has 0 radical (unpaired) electrons. The maximum atomic E-state index is 11.5. The van der Waals surface area contributed by atoms with Crippen LogP contribution in [0.5, 0.6) is 0 Å². The zero-order chi connectivity index (χ0) is 16.0. The normalized spacial score (nSPS) is 14.0. The van der Waals surface area contributed by atoms with Crippen LogP contribution in [0.2, 0.25) is 0 Å². The Bertz CT molecular complexity index is 571. The molecule has 1 aromatic rings. The van der Waals surface area contributed by atoms with E-state index in [0.29, 0.717) is 12.5 Å². The molecule has 1 aliphatic rings. The molecule has 0 unspecified atom stereocenters. The summed E-state index contributed by atoms with van der Waals surface area (Å²) >= 11 is 0. The summed E-state index contributed by atoms with van der Waals surface area (Å²) in [4.78, 5) is 11.5. The van der Waals surface area contributed by atoms with E-state index < -0.39 is 0 Å². The van der Waals surface area contributed by atoms with Crippen LogP contribution in [-0.2, 0) is 11.2 Å². The molecular weight excluding hydrogens is 274 g/mol. The molecular formula is C19H25NO2. The molecule has 1 aromatic carbocycles. The predicted molar refractivity (Wildman–Crippen MR) is 88.6 cm³/mol. The van der Waals surface area contributed by atoms with Crippen LogP contribution in [0, 0.1) is 17.8 Å². The Balaban J connectivity index is 1.72. The highest BCUT2D eigenvalue weighted by molar-refractivity contribution is 5.68. The van der Waals surface area contributed by atoms with E-state index >= 15 is 0 Å². The number of hydrogen-bond donors (Lipinski definition) is 1. The minimum absolute atomic E-state index is 0.258. The minimum Gasteiger partial charge on any atom is -0.450 e. The number of nitrogens with one attached hydrogen (secondary N) is 1. The van der Waals surface area contributed by atoms with Crippen molar-refractivity contribution in [2.24, 2.45) is 5.92 Å². The summed E-state index contributed by atoms with van der Waals surface area (Å²) in [6.45, 7) is 6.23. The number of hydrogen-bond acceptors (Lipinski definition) is 2. The summed E-state index contributed by atoms with van der Waals surface area (Å²) in [6, 6.07) is 8.31. The van der Waals surface area contributed by atoms with Gasteiger partial charge in [0.2, 0.25) is 0 Å². The maximum absolute atomic E-state index is 11.5. The third-order valence-electron chi connectivity index (χ3n) is 3.24.